The molecule has 120 valence electrons. The second kappa shape index (κ2) is 6.07. The average molecular weight is 308 g/mol. The summed E-state index contributed by atoms with van der Waals surface area (Å²) in [6.07, 6.45) is 3.30. The Bertz CT molecular complexity index is 561. The first-order valence-corrected chi connectivity index (χ1v) is 7.21. The van der Waals surface area contributed by atoms with Crippen molar-refractivity contribution in [3.05, 3.63) is 30.6 Å². The fourth-order valence-electron chi connectivity index (χ4n) is 2.82. The lowest BCUT2D eigenvalue weighted by Gasteiger charge is -2.38. The van der Waals surface area contributed by atoms with E-state index in [2.05, 4.69) is 22.3 Å². The first kappa shape index (κ1) is 15.0. The highest BCUT2D eigenvalue weighted by Crippen LogP contribution is 2.35. The monoisotopic (exact) mass is 308 g/mol. The fraction of sp³-hybridized carbons (Fsp3) is 0.571. The van der Waals surface area contributed by atoms with E-state index >= 15 is 0 Å². The average Bonchev–Trinajstić information content (AvgIpc) is 3.10. The highest BCUT2D eigenvalue weighted by Gasteiger charge is 2.51. The zero-order chi connectivity index (χ0) is 15.7. The van der Waals surface area contributed by atoms with Crippen molar-refractivity contribution >= 4 is 6.03 Å². The molecule has 2 aliphatic heterocycles. The third kappa shape index (κ3) is 2.72. The van der Waals surface area contributed by atoms with Crippen LogP contribution in [0.5, 0.6) is 0 Å². The molecule has 2 bridgehead atoms. The highest BCUT2D eigenvalue weighted by molar-refractivity contribution is 5.74. The summed E-state index contributed by atoms with van der Waals surface area (Å²) in [6.45, 7) is 6.12. The molecule has 0 aromatic carbocycles. The number of hydrogen-bond donors (Lipinski definition) is 3. The van der Waals surface area contributed by atoms with Crippen LogP contribution in [-0.2, 0) is 9.47 Å². The Labute approximate surface area is 128 Å². The zero-order valence-corrected chi connectivity index (χ0v) is 12.3. The Morgan fingerprint density at radius 1 is 1.68 bits per heavy atom. The van der Waals surface area contributed by atoms with Crippen LogP contribution in [0.4, 0.5) is 4.79 Å². The molecule has 8 heteroatoms. The van der Waals surface area contributed by atoms with Gasteiger partial charge in [-0.05, 0) is 12.5 Å². The van der Waals surface area contributed by atoms with Crippen LogP contribution in [0.25, 0.3) is 0 Å². The molecule has 8 nitrogen and oxygen atoms in total. The predicted octanol–water partition coefficient (Wildman–Crippen LogP) is -0.298. The van der Waals surface area contributed by atoms with Crippen molar-refractivity contribution in [2.45, 2.75) is 37.5 Å². The number of fused-ring (bicyclic) bond motifs is 2. The van der Waals surface area contributed by atoms with Crippen molar-refractivity contribution in [1.82, 2.24) is 20.4 Å². The summed E-state index contributed by atoms with van der Waals surface area (Å²) in [6, 6.07) is -1.46. The van der Waals surface area contributed by atoms with Gasteiger partial charge in [-0.2, -0.15) is 5.10 Å². The Morgan fingerprint density at radius 3 is 3.18 bits per heavy atom. The van der Waals surface area contributed by atoms with Crippen molar-refractivity contribution < 1.29 is 19.4 Å². The van der Waals surface area contributed by atoms with E-state index in [0.717, 1.165) is 5.56 Å². The Kier molecular flexibility index (Phi) is 4.14. The molecule has 2 fully saturated rings. The second-order valence-corrected chi connectivity index (χ2v) is 5.52. The van der Waals surface area contributed by atoms with E-state index in [1.165, 1.54) is 0 Å². The molecule has 0 aliphatic carbocycles. The van der Waals surface area contributed by atoms with Crippen LogP contribution in [0.15, 0.2) is 25.0 Å². The van der Waals surface area contributed by atoms with Crippen LogP contribution in [0, 0.1) is 6.92 Å². The van der Waals surface area contributed by atoms with Gasteiger partial charge in [0.05, 0.1) is 18.8 Å². The van der Waals surface area contributed by atoms with Crippen LogP contribution >= 0.6 is 0 Å². The van der Waals surface area contributed by atoms with Crippen LogP contribution in [0.1, 0.15) is 11.6 Å². The molecule has 3 rings (SSSR count). The molecule has 0 spiro atoms. The van der Waals surface area contributed by atoms with Crippen molar-refractivity contribution in [1.29, 1.82) is 0 Å². The minimum Gasteiger partial charge on any atom is -0.388 e. The summed E-state index contributed by atoms with van der Waals surface area (Å²) in [4.78, 5) is 11.8. The first-order valence-electron chi connectivity index (χ1n) is 7.21. The normalized spacial score (nSPS) is 33.5. The highest BCUT2D eigenvalue weighted by atomic mass is 16.7. The van der Waals surface area contributed by atoms with Crippen molar-refractivity contribution in [2.24, 2.45) is 0 Å². The number of aryl methyl sites for hydroxylation is 1. The molecule has 2 aliphatic rings. The van der Waals surface area contributed by atoms with E-state index < -0.39 is 24.5 Å². The standard InChI is InChI=1S/C14H20N4O4/c1-3-4-15-14(20)17-10-9-7-21-13(22-9)11(12(10)19)18-6-8(2)5-16-18/h3,5-6,9-13,19H,1,4,7H2,2H3,(H2,15,17,20). The molecule has 1 aromatic heterocycles. The van der Waals surface area contributed by atoms with Crippen LogP contribution in [0.3, 0.4) is 0 Å². The fourth-order valence-corrected chi connectivity index (χ4v) is 2.82. The topological polar surface area (TPSA) is 97.6 Å². The van der Waals surface area contributed by atoms with Gasteiger partial charge in [0.1, 0.15) is 18.2 Å². The maximum absolute atomic E-state index is 11.8. The summed E-state index contributed by atoms with van der Waals surface area (Å²) in [5.41, 5.74) is 0.973. The number of nitrogens with zero attached hydrogens (tertiary/aromatic N) is 2. The summed E-state index contributed by atoms with van der Waals surface area (Å²) in [5.74, 6) is 0. The molecule has 1 aromatic rings. The molecular formula is C14H20N4O4. The van der Waals surface area contributed by atoms with Crippen LogP contribution in [0.2, 0.25) is 0 Å². The first-order chi connectivity index (χ1) is 10.6. The number of urea groups is 1. The quantitative estimate of drug-likeness (QED) is 0.664. The third-order valence-corrected chi connectivity index (χ3v) is 3.87. The number of rotatable bonds is 4. The molecular weight excluding hydrogens is 288 g/mol. The van der Waals surface area contributed by atoms with Crippen LogP contribution < -0.4 is 10.6 Å². The Hall–Kier alpha value is -1.90. The van der Waals surface area contributed by atoms with Gasteiger partial charge in [-0.25, -0.2) is 4.79 Å². The van der Waals surface area contributed by atoms with Gasteiger partial charge in [-0.15, -0.1) is 6.58 Å². The van der Waals surface area contributed by atoms with Gasteiger partial charge < -0.3 is 25.2 Å². The van der Waals surface area contributed by atoms with E-state index in [1.54, 1.807) is 17.0 Å². The number of ether oxygens (including phenoxy) is 2. The van der Waals surface area contributed by atoms with Crippen molar-refractivity contribution in [3.8, 4) is 0 Å². The second-order valence-electron chi connectivity index (χ2n) is 5.52. The Morgan fingerprint density at radius 2 is 2.50 bits per heavy atom. The van der Waals surface area contributed by atoms with Gasteiger partial charge >= 0.3 is 6.03 Å². The molecule has 0 radical (unpaired) electrons. The largest absolute Gasteiger partial charge is 0.388 e. The number of carbonyl (C=O) groups is 1. The lowest BCUT2D eigenvalue weighted by atomic mass is 9.96. The van der Waals surface area contributed by atoms with Gasteiger partial charge in [-0.1, -0.05) is 6.08 Å². The zero-order valence-electron chi connectivity index (χ0n) is 12.3. The molecule has 5 atom stereocenters. The minimum absolute atomic E-state index is 0.324. The predicted molar refractivity (Wildman–Crippen MR) is 77.1 cm³/mol. The molecule has 0 saturated carbocycles. The number of hydrogen-bond acceptors (Lipinski definition) is 5. The van der Waals surface area contributed by atoms with E-state index in [-0.39, 0.29) is 12.1 Å². The number of aliphatic hydroxyl groups excluding tert-OH is 1. The summed E-state index contributed by atoms with van der Waals surface area (Å²) in [5, 5.41) is 20.3. The van der Waals surface area contributed by atoms with Gasteiger partial charge in [0.15, 0.2) is 6.29 Å². The third-order valence-electron chi connectivity index (χ3n) is 3.87. The summed E-state index contributed by atoms with van der Waals surface area (Å²) >= 11 is 0. The SMILES string of the molecule is C=CCNC(=O)NC1C2COC(O2)C(n2cc(C)cn2)C1O. The number of amides is 2. The van der Waals surface area contributed by atoms with Gasteiger partial charge in [-0.3, -0.25) is 4.68 Å². The number of nitrogens with one attached hydrogen (secondary N) is 2. The van der Waals surface area contributed by atoms with Crippen molar-refractivity contribution in [3.63, 3.8) is 0 Å². The number of carbonyl (C=O) groups excluding carboxylic acids is 1. The van der Waals surface area contributed by atoms with E-state index in [1.807, 2.05) is 13.1 Å². The lowest BCUT2D eigenvalue weighted by Crippen LogP contribution is -2.60. The van der Waals surface area contributed by atoms with Gasteiger partial charge in [0, 0.05) is 12.7 Å². The van der Waals surface area contributed by atoms with Crippen LogP contribution in [-0.4, -0.2) is 58.6 Å². The maximum atomic E-state index is 11.8. The summed E-state index contributed by atoms with van der Waals surface area (Å²) in [7, 11) is 0. The lowest BCUT2D eigenvalue weighted by molar-refractivity contribution is -0.166. The van der Waals surface area contributed by atoms with E-state index in [9.17, 15) is 9.90 Å². The van der Waals surface area contributed by atoms with Crippen molar-refractivity contribution in [2.75, 3.05) is 13.2 Å². The van der Waals surface area contributed by atoms with Gasteiger partial charge in [0.2, 0.25) is 0 Å². The molecule has 3 N–H and O–H groups in total. The minimum atomic E-state index is -0.861. The van der Waals surface area contributed by atoms with Gasteiger partial charge in [0.25, 0.3) is 0 Å². The number of aliphatic hydroxyl groups is 1. The summed E-state index contributed by atoms with van der Waals surface area (Å²) < 4.78 is 13.0. The smallest absolute Gasteiger partial charge is 0.315 e. The molecule has 2 saturated heterocycles. The van der Waals surface area contributed by atoms with E-state index in [4.69, 9.17) is 9.47 Å². The maximum Gasteiger partial charge on any atom is 0.315 e. The number of aromatic nitrogens is 2. The van der Waals surface area contributed by atoms with E-state index in [0.29, 0.717) is 13.2 Å². The molecule has 22 heavy (non-hydrogen) atoms. The molecule has 3 heterocycles. The molecule has 5 unspecified atom stereocenters. The Balaban J connectivity index is 1.76. The molecule has 2 amide bonds.